The molecule has 0 aromatic rings. The molecule has 0 amide bonds. The van der Waals surface area contributed by atoms with Gasteiger partial charge in [0.05, 0.1) is 19.3 Å². The molecular weight excluding hydrogens is 190 g/mol. The fraction of sp³-hybridized carbons (Fsp3) is 1.00. The highest BCUT2D eigenvalue weighted by molar-refractivity contribution is 4.91. The minimum Gasteiger partial charge on any atom is -0.379 e. The maximum atomic E-state index is 5.81. The van der Waals surface area contributed by atoms with Crippen LogP contribution in [0.5, 0.6) is 0 Å². The van der Waals surface area contributed by atoms with Crippen LogP contribution in [0.2, 0.25) is 0 Å². The number of fused-ring (bicyclic) bond motifs is 1. The van der Waals surface area contributed by atoms with Crippen LogP contribution >= 0.6 is 0 Å². The zero-order valence-corrected chi connectivity index (χ0v) is 9.36. The standard InChI is InChI=1S/C12H21NO2/c1-2-4-10(3-1)13-6-8-15-12-9-14-7-5-11(12)13/h10-12H,1-9H2. The second-order valence-corrected chi connectivity index (χ2v) is 5.02. The van der Waals surface area contributed by atoms with E-state index in [-0.39, 0.29) is 0 Å². The zero-order chi connectivity index (χ0) is 10.1. The quantitative estimate of drug-likeness (QED) is 0.654. The van der Waals surface area contributed by atoms with Gasteiger partial charge in [0.2, 0.25) is 0 Å². The van der Waals surface area contributed by atoms with Gasteiger partial charge in [0, 0.05) is 25.2 Å². The molecule has 0 aromatic heterocycles. The monoisotopic (exact) mass is 211 g/mol. The van der Waals surface area contributed by atoms with E-state index in [0.717, 1.165) is 32.4 Å². The van der Waals surface area contributed by atoms with Crippen molar-refractivity contribution in [2.24, 2.45) is 0 Å². The second-order valence-electron chi connectivity index (χ2n) is 5.02. The van der Waals surface area contributed by atoms with E-state index in [1.807, 2.05) is 0 Å². The molecule has 0 N–H and O–H groups in total. The number of rotatable bonds is 1. The van der Waals surface area contributed by atoms with E-state index in [1.165, 1.54) is 32.1 Å². The predicted molar refractivity (Wildman–Crippen MR) is 57.9 cm³/mol. The van der Waals surface area contributed by atoms with Crippen LogP contribution in [-0.4, -0.2) is 49.5 Å². The Morgan fingerprint density at radius 2 is 1.87 bits per heavy atom. The van der Waals surface area contributed by atoms with E-state index >= 15 is 0 Å². The average molecular weight is 211 g/mol. The van der Waals surface area contributed by atoms with Gasteiger partial charge in [-0.05, 0) is 19.3 Å². The van der Waals surface area contributed by atoms with Crippen molar-refractivity contribution in [2.45, 2.75) is 50.3 Å². The Bertz CT molecular complexity index is 214. The van der Waals surface area contributed by atoms with Gasteiger partial charge in [0.25, 0.3) is 0 Å². The average Bonchev–Trinajstić information content (AvgIpc) is 2.82. The van der Waals surface area contributed by atoms with Gasteiger partial charge >= 0.3 is 0 Å². The third kappa shape index (κ3) is 1.93. The lowest BCUT2D eigenvalue weighted by atomic mass is 9.99. The van der Waals surface area contributed by atoms with Crippen LogP contribution in [0.1, 0.15) is 32.1 Å². The molecule has 2 atom stereocenters. The first-order valence-electron chi connectivity index (χ1n) is 6.40. The van der Waals surface area contributed by atoms with Crippen LogP contribution in [0, 0.1) is 0 Å². The Morgan fingerprint density at radius 3 is 2.73 bits per heavy atom. The summed E-state index contributed by atoms with van der Waals surface area (Å²) in [5, 5.41) is 0. The van der Waals surface area contributed by atoms with Gasteiger partial charge in [-0.25, -0.2) is 0 Å². The summed E-state index contributed by atoms with van der Waals surface area (Å²) in [6, 6.07) is 1.50. The fourth-order valence-electron chi connectivity index (χ4n) is 3.40. The van der Waals surface area contributed by atoms with Gasteiger partial charge in [-0.1, -0.05) is 12.8 Å². The highest BCUT2D eigenvalue weighted by atomic mass is 16.5. The zero-order valence-electron chi connectivity index (χ0n) is 9.36. The number of hydrogen-bond acceptors (Lipinski definition) is 3. The van der Waals surface area contributed by atoms with Gasteiger partial charge in [-0.3, -0.25) is 4.90 Å². The van der Waals surface area contributed by atoms with Gasteiger partial charge in [0.1, 0.15) is 0 Å². The molecule has 2 aliphatic heterocycles. The molecule has 3 aliphatic rings. The first kappa shape index (κ1) is 10.1. The smallest absolute Gasteiger partial charge is 0.0964 e. The summed E-state index contributed by atoms with van der Waals surface area (Å²) in [6.07, 6.45) is 7.19. The van der Waals surface area contributed by atoms with Crippen molar-refractivity contribution in [3.63, 3.8) is 0 Å². The van der Waals surface area contributed by atoms with Crippen molar-refractivity contribution in [2.75, 3.05) is 26.4 Å². The first-order chi connectivity index (χ1) is 7.45. The van der Waals surface area contributed by atoms with Gasteiger partial charge in [-0.2, -0.15) is 0 Å². The van der Waals surface area contributed by atoms with Crippen LogP contribution in [0.3, 0.4) is 0 Å². The van der Waals surface area contributed by atoms with Gasteiger partial charge < -0.3 is 9.47 Å². The molecule has 0 radical (unpaired) electrons. The summed E-state index contributed by atoms with van der Waals surface area (Å²) in [7, 11) is 0. The van der Waals surface area contributed by atoms with Crippen LogP contribution < -0.4 is 0 Å². The number of ether oxygens (including phenoxy) is 2. The lowest BCUT2D eigenvalue weighted by Gasteiger charge is -2.46. The van der Waals surface area contributed by atoms with Crippen molar-refractivity contribution in [1.29, 1.82) is 0 Å². The van der Waals surface area contributed by atoms with E-state index in [9.17, 15) is 0 Å². The molecule has 15 heavy (non-hydrogen) atoms. The SMILES string of the molecule is C1CCC(N2CCOC3COCCC32)C1. The van der Waals surface area contributed by atoms with Crippen molar-refractivity contribution in [3.05, 3.63) is 0 Å². The lowest BCUT2D eigenvalue weighted by Crippen LogP contribution is -2.58. The van der Waals surface area contributed by atoms with Crippen molar-refractivity contribution < 1.29 is 9.47 Å². The molecule has 3 rings (SSSR count). The third-order valence-corrected chi connectivity index (χ3v) is 4.17. The summed E-state index contributed by atoms with van der Waals surface area (Å²) in [4.78, 5) is 2.73. The molecule has 0 bridgehead atoms. The van der Waals surface area contributed by atoms with Gasteiger partial charge in [0.15, 0.2) is 0 Å². The number of nitrogens with zero attached hydrogens (tertiary/aromatic N) is 1. The highest BCUT2D eigenvalue weighted by Crippen LogP contribution is 2.30. The Balaban J connectivity index is 1.69. The summed E-state index contributed by atoms with van der Waals surface area (Å²) in [6.45, 7) is 3.79. The maximum Gasteiger partial charge on any atom is 0.0964 e. The van der Waals surface area contributed by atoms with E-state index in [0.29, 0.717) is 12.1 Å². The number of hydrogen-bond donors (Lipinski definition) is 0. The molecule has 0 aromatic carbocycles. The highest BCUT2D eigenvalue weighted by Gasteiger charge is 2.38. The largest absolute Gasteiger partial charge is 0.379 e. The molecule has 3 heteroatoms. The summed E-state index contributed by atoms with van der Waals surface area (Å²) < 4.78 is 11.3. The van der Waals surface area contributed by atoms with Crippen molar-refractivity contribution in [3.8, 4) is 0 Å². The van der Waals surface area contributed by atoms with E-state index in [2.05, 4.69) is 4.90 Å². The molecule has 1 aliphatic carbocycles. The molecule has 86 valence electrons. The molecule has 3 nitrogen and oxygen atoms in total. The molecular formula is C12H21NO2. The molecule has 2 saturated heterocycles. The van der Waals surface area contributed by atoms with E-state index < -0.39 is 0 Å². The number of morpholine rings is 1. The van der Waals surface area contributed by atoms with Crippen molar-refractivity contribution in [1.82, 2.24) is 4.90 Å². The van der Waals surface area contributed by atoms with Crippen LogP contribution in [0.4, 0.5) is 0 Å². The Hall–Kier alpha value is -0.120. The Labute approximate surface area is 91.7 Å². The van der Waals surface area contributed by atoms with Gasteiger partial charge in [-0.15, -0.1) is 0 Å². The predicted octanol–water partition coefficient (Wildman–Crippen LogP) is 1.42. The maximum absolute atomic E-state index is 5.81. The van der Waals surface area contributed by atoms with Crippen LogP contribution in [0.25, 0.3) is 0 Å². The minimum absolute atomic E-state index is 0.355. The summed E-state index contributed by atoms with van der Waals surface area (Å²) >= 11 is 0. The topological polar surface area (TPSA) is 21.7 Å². The fourth-order valence-corrected chi connectivity index (χ4v) is 3.40. The Morgan fingerprint density at radius 1 is 1.00 bits per heavy atom. The van der Waals surface area contributed by atoms with E-state index in [4.69, 9.17) is 9.47 Å². The first-order valence-corrected chi connectivity index (χ1v) is 6.40. The van der Waals surface area contributed by atoms with E-state index in [1.54, 1.807) is 0 Å². The molecule has 0 spiro atoms. The Kier molecular flexibility index (Phi) is 2.95. The normalized spacial score (nSPS) is 39.2. The molecule has 2 heterocycles. The van der Waals surface area contributed by atoms with Crippen LogP contribution in [0.15, 0.2) is 0 Å². The molecule has 2 unspecified atom stereocenters. The summed E-state index contributed by atoms with van der Waals surface area (Å²) in [5.74, 6) is 0. The lowest BCUT2D eigenvalue weighted by molar-refractivity contribution is -0.144. The second kappa shape index (κ2) is 4.40. The van der Waals surface area contributed by atoms with Crippen molar-refractivity contribution >= 4 is 0 Å². The molecule has 3 fully saturated rings. The molecule has 1 saturated carbocycles. The van der Waals surface area contributed by atoms with Crippen LogP contribution in [-0.2, 0) is 9.47 Å². The summed E-state index contributed by atoms with van der Waals surface area (Å²) in [5.41, 5.74) is 0. The third-order valence-electron chi connectivity index (χ3n) is 4.17. The minimum atomic E-state index is 0.355.